The third-order valence-corrected chi connectivity index (χ3v) is 5.34. The summed E-state index contributed by atoms with van der Waals surface area (Å²) in [5.41, 5.74) is 1.38. The highest BCUT2D eigenvalue weighted by atomic mass is 32.2. The predicted molar refractivity (Wildman–Crippen MR) is 113 cm³/mol. The van der Waals surface area contributed by atoms with Crippen molar-refractivity contribution in [2.75, 3.05) is 43.2 Å². The number of nitrogens with one attached hydrogen (secondary N) is 1. The summed E-state index contributed by atoms with van der Waals surface area (Å²) >= 11 is 1.54. The molecule has 1 heterocycles. The average molecular weight is 413 g/mol. The molecular formula is C21H23N3O4S. The minimum Gasteiger partial charge on any atom is -0.482 e. The molecule has 1 aliphatic rings. The number of fused-ring (bicyclic) bond motifs is 1. The number of hydrogen-bond donors (Lipinski definition) is 1. The lowest BCUT2D eigenvalue weighted by molar-refractivity contribution is -0.133. The fourth-order valence-electron chi connectivity index (χ4n) is 3.04. The van der Waals surface area contributed by atoms with Gasteiger partial charge in [0.05, 0.1) is 17.9 Å². The van der Waals surface area contributed by atoms with Gasteiger partial charge < -0.3 is 19.9 Å². The number of thioether (sulfide) groups is 1. The first-order chi connectivity index (χ1) is 14.0. The van der Waals surface area contributed by atoms with Gasteiger partial charge in [-0.2, -0.15) is 0 Å². The maximum Gasteiger partial charge on any atom is 0.265 e. The van der Waals surface area contributed by atoms with Crippen LogP contribution in [-0.4, -0.2) is 55.6 Å². The summed E-state index contributed by atoms with van der Waals surface area (Å²) < 4.78 is 5.41. The number of likely N-dealkylation sites (N-methyl/N-ethyl adjacent to an activating group) is 1. The maximum absolute atomic E-state index is 12.5. The summed E-state index contributed by atoms with van der Waals surface area (Å²) in [6.45, 7) is 0.132. The van der Waals surface area contributed by atoms with E-state index in [1.807, 2.05) is 42.7 Å². The van der Waals surface area contributed by atoms with Crippen LogP contribution in [-0.2, 0) is 14.4 Å². The van der Waals surface area contributed by atoms with Crippen LogP contribution < -0.4 is 15.0 Å². The van der Waals surface area contributed by atoms with Gasteiger partial charge >= 0.3 is 0 Å². The number of anilines is 2. The summed E-state index contributed by atoms with van der Waals surface area (Å²) in [6.07, 6.45) is 2.05. The zero-order valence-corrected chi connectivity index (χ0v) is 17.2. The molecule has 0 saturated heterocycles. The van der Waals surface area contributed by atoms with Crippen molar-refractivity contribution in [3.05, 3.63) is 48.5 Å². The van der Waals surface area contributed by atoms with Crippen molar-refractivity contribution in [2.24, 2.45) is 0 Å². The molecule has 1 N–H and O–H groups in total. The number of carbonyl (C=O) groups is 3. The van der Waals surface area contributed by atoms with Crippen LogP contribution in [0.5, 0.6) is 5.75 Å². The number of ether oxygens (including phenoxy) is 1. The molecule has 0 bridgehead atoms. The van der Waals surface area contributed by atoms with Crippen molar-refractivity contribution >= 4 is 40.9 Å². The Kier molecular flexibility index (Phi) is 6.77. The number of benzene rings is 2. The van der Waals surface area contributed by atoms with E-state index in [2.05, 4.69) is 5.32 Å². The van der Waals surface area contributed by atoms with E-state index < -0.39 is 0 Å². The maximum atomic E-state index is 12.5. The summed E-state index contributed by atoms with van der Waals surface area (Å²) in [5, 5.41) is 2.84. The summed E-state index contributed by atoms with van der Waals surface area (Å²) in [7, 11) is 1.58. The number of nitrogens with zero attached hydrogens (tertiary/aromatic N) is 2. The highest BCUT2D eigenvalue weighted by molar-refractivity contribution is 7.98. The van der Waals surface area contributed by atoms with Crippen molar-refractivity contribution < 1.29 is 19.1 Å². The third-order valence-electron chi connectivity index (χ3n) is 4.55. The largest absolute Gasteiger partial charge is 0.482 e. The molecule has 8 heteroatoms. The molecule has 0 aromatic heterocycles. The van der Waals surface area contributed by atoms with Crippen LogP contribution in [0.15, 0.2) is 53.4 Å². The van der Waals surface area contributed by atoms with Gasteiger partial charge in [0.15, 0.2) is 6.61 Å². The van der Waals surface area contributed by atoms with Gasteiger partial charge in [-0.15, -0.1) is 11.8 Å². The number of para-hydroxylation sites is 3. The fourth-order valence-corrected chi connectivity index (χ4v) is 3.59. The van der Waals surface area contributed by atoms with Crippen LogP contribution in [0.1, 0.15) is 6.42 Å². The molecule has 2 aromatic carbocycles. The van der Waals surface area contributed by atoms with Gasteiger partial charge in [-0.1, -0.05) is 24.3 Å². The molecule has 1 aliphatic heterocycles. The van der Waals surface area contributed by atoms with E-state index in [1.165, 1.54) is 16.7 Å². The quantitative estimate of drug-likeness (QED) is 0.706. The second-order valence-corrected chi connectivity index (χ2v) is 7.40. The summed E-state index contributed by atoms with van der Waals surface area (Å²) in [6, 6.07) is 14.7. The minimum absolute atomic E-state index is 0.0434. The molecule has 0 saturated carbocycles. The smallest absolute Gasteiger partial charge is 0.265 e. The molecule has 3 amide bonds. The zero-order valence-electron chi connectivity index (χ0n) is 16.4. The molecule has 0 unspecified atom stereocenters. The molecule has 0 spiro atoms. The standard InChI is InChI=1S/C21H23N3O4S/c1-23(13-19(25)22-15-7-3-6-10-18(15)29-2)20(26)11-12-24-16-8-4-5-9-17(16)28-14-21(24)27/h3-10H,11-14H2,1-2H3,(H,22,25). The van der Waals surface area contributed by atoms with Gasteiger partial charge in [0.25, 0.3) is 5.91 Å². The van der Waals surface area contributed by atoms with Crippen LogP contribution >= 0.6 is 11.8 Å². The van der Waals surface area contributed by atoms with E-state index in [0.717, 1.165) is 10.6 Å². The Morgan fingerprint density at radius 1 is 1.17 bits per heavy atom. The van der Waals surface area contributed by atoms with E-state index in [4.69, 9.17) is 4.74 Å². The molecule has 29 heavy (non-hydrogen) atoms. The molecule has 0 aliphatic carbocycles. The van der Waals surface area contributed by atoms with E-state index in [1.54, 1.807) is 24.1 Å². The number of carbonyl (C=O) groups excluding carboxylic acids is 3. The van der Waals surface area contributed by atoms with Gasteiger partial charge in [-0.05, 0) is 30.5 Å². The van der Waals surface area contributed by atoms with Gasteiger partial charge in [-0.25, -0.2) is 0 Å². The first-order valence-corrected chi connectivity index (χ1v) is 10.4. The SMILES string of the molecule is CSc1ccccc1NC(=O)CN(C)C(=O)CCN1C(=O)COc2ccccc21. The molecule has 3 rings (SSSR count). The first-order valence-electron chi connectivity index (χ1n) is 9.18. The van der Waals surface area contributed by atoms with Crippen LogP contribution in [0.2, 0.25) is 0 Å². The normalized spacial score (nSPS) is 12.8. The second kappa shape index (κ2) is 9.47. The van der Waals surface area contributed by atoms with Crippen molar-refractivity contribution in [1.29, 1.82) is 0 Å². The molecule has 2 aromatic rings. The number of hydrogen-bond acceptors (Lipinski definition) is 5. The van der Waals surface area contributed by atoms with Crippen molar-refractivity contribution in [1.82, 2.24) is 4.90 Å². The van der Waals surface area contributed by atoms with Gasteiger partial charge in [0.1, 0.15) is 5.75 Å². The molecule has 7 nitrogen and oxygen atoms in total. The topological polar surface area (TPSA) is 79.0 Å². The first kappa shape index (κ1) is 20.7. The van der Waals surface area contributed by atoms with Gasteiger partial charge in [0.2, 0.25) is 11.8 Å². The van der Waals surface area contributed by atoms with E-state index in [0.29, 0.717) is 11.4 Å². The highest BCUT2D eigenvalue weighted by Gasteiger charge is 2.26. The number of rotatable bonds is 7. The predicted octanol–water partition coefficient (Wildman–Crippen LogP) is 2.62. The summed E-state index contributed by atoms with van der Waals surface area (Å²) in [5.74, 6) is -0.0458. The van der Waals surface area contributed by atoms with Crippen LogP contribution in [0.25, 0.3) is 0 Å². The Bertz CT molecular complexity index is 918. The van der Waals surface area contributed by atoms with E-state index in [-0.39, 0.29) is 43.8 Å². The molecule has 0 atom stereocenters. The molecule has 0 radical (unpaired) electrons. The van der Waals surface area contributed by atoms with Gasteiger partial charge in [0, 0.05) is 24.9 Å². The van der Waals surface area contributed by atoms with Crippen LogP contribution in [0.3, 0.4) is 0 Å². The summed E-state index contributed by atoms with van der Waals surface area (Å²) in [4.78, 5) is 40.9. The van der Waals surface area contributed by atoms with Crippen LogP contribution in [0, 0.1) is 0 Å². The Labute approximate surface area is 174 Å². The second-order valence-electron chi connectivity index (χ2n) is 6.55. The minimum atomic E-state index is -0.268. The Balaban J connectivity index is 1.54. The lowest BCUT2D eigenvalue weighted by Crippen LogP contribution is -2.42. The van der Waals surface area contributed by atoms with Crippen molar-refractivity contribution in [3.63, 3.8) is 0 Å². The third kappa shape index (κ3) is 5.08. The van der Waals surface area contributed by atoms with E-state index in [9.17, 15) is 14.4 Å². The lowest BCUT2D eigenvalue weighted by Gasteiger charge is -2.29. The van der Waals surface area contributed by atoms with Crippen molar-refractivity contribution in [2.45, 2.75) is 11.3 Å². The van der Waals surface area contributed by atoms with Gasteiger partial charge in [-0.3, -0.25) is 14.4 Å². The van der Waals surface area contributed by atoms with Crippen LogP contribution in [0.4, 0.5) is 11.4 Å². The van der Waals surface area contributed by atoms with E-state index >= 15 is 0 Å². The Morgan fingerprint density at radius 2 is 1.90 bits per heavy atom. The van der Waals surface area contributed by atoms with Crippen molar-refractivity contribution in [3.8, 4) is 5.75 Å². The highest BCUT2D eigenvalue weighted by Crippen LogP contribution is 2.31. The fraction of sp³-hybridized carbons (Fsp3) is 0.286. The average Bonchev–Trinajstić information content (AvgIpc) is 2.73. The Hall–Kier alpha value is -3.00. The monoisotopic (exact) mass is 413 g/mol. The lowest BCUT2D eigenvalue weighted by atomic mass is 10.2. The number of amides is 3. The molecule has 152 valence electrons. The molecule has 0 fully saturated rings. The Morgan fingerprint density at radius 3 is 2.69 bits per heavy atom. The zero-order chi connectivity index (χ0) is 20.8. The molecular weight excluding hydrogens is 390 g/mol.